The van der Waals surface area contributed by atoms with Crippen LogP contribution in [0, 0.1) is 0 Å². The topological polar surface area (TPSA) is 36.0 Å². The second-order valence-electron chi connectivity index (χ2n) is 3.19. The molecule has 1 heterocycles. The number of rotatable bonds is 1. The quantitative estimate of drug-likeness (QED) is 0.681. The van der Waals surface area contributed by atoms with Gasteiger partial charge in [-0.1, -0.05) is 23.1 Å². The molecule has 80 valence electrons. The van der Waals surface area contributed by atoms with Crippen molar-refractivity contribution in [1.29, 1.82) is 0 Å². The Bertz CT molecular complexity index is 528. The maximum atomic E-state index is 12.5. The van der Waals surface area contributed by atoms with Crippen LogP contribution in [0.25, 0.3) is 10.9 Å². The third-order valence-corrected chi connectivity index (χ3v) is 2.40. The Hall–Kier alpha value is 0.341. The molecule has 2 rings (SSSR count). The Morgan fingerprint density at radius 3 is 2.38 bits per heavy atom. The Morgan fingerprint density at radius 1 is 1.19 bits per heavy atom. The first-order valence-corrected chi connectivity index (χ1v) is 4.47. The first-order chi connectivity index (χ1) is 6.88. The van der Waals surface area contributed by atoms with E-state index in [1.165, 1.54) is 6.07 Å². The fourth-order valence-electron chi connectivity index (χ4n) is 1.41. The largest absolute Gasteiger partial charge is 1.00 e. The first kappa shape index (κ1) is 14.4. The molecule has 0 fully saturated rings. The van der Waals surface area contributed by atoms with Gasteiger partial charge in [-0.05, 0) is 6.07 Å². The summed E-state index contributed by atoms with van der Waals surface area (Å²) in [5.41, 5.74) is -0.468. The molecular formula is C8H5BClF3KNO. The first-order valence-electron chi connectivity index (χ1n) is 4.09. The monoisotopic (exact) mass is 273 g/mol. The van der Waals surface area contributed by atoms with Crippen LogP contribution in [0.4, 0.5) is 12.9 Å². The third kappa shape index (κ3) is 2.77. The molecule has 2 N–H and O–H groups in total. The molecule has 0 unspecified atom stereocenters. The number of aromatic nitrogens is 1. The maximum Gasteiger partial charge on any atom is 1.00 e. The molecular weight excluding hydrogens is 268 g/mol. The van der Waals surface area contributed by atoms with Crippen LogP contribution in [-0.4, -0.2) is 17.1 Å². The molecule has 0 radical (unpaired) electrons. The summed E-state index contributed by atoms with van der Waals surface area (Å²) < 4.78 is 37.5. The van der Waals surface area contributed by atoms with E-state index in [0.29, 0.717) is 5.52 Å². The summed E-state index contributed by atoms with van der Waals surface area (Å²) in [5, 5.41) is 8.99. The number of aromatic amines is 1. The van der Waals surface area contributed by atoms with Gasteiger partial charge in [0.1, 0.15) is 0 Å². The van der Waals surface area contributed by atoms with Gasteiger partial charge in [-0.3, -0.25) is 0 Å². The molecule has 0 atom stereocenters. The second-order valence-corrected chi connectivity index (χ2v) is 3.60. The summed E-state index contributed by atoms with van der Waals surface area (Å²) in [5.74, 6) is -0.187. The van der Waals surface area contributed by atoms with Gasteiger partial charge in [0.25, 0.3) is 0 Å². The molecule has 2 nitrogen and oxygen atoms in total. The van der Waals surface area contributed by atoms with Crippen LogP contribution in [-0.2, 0) is 0 Å². The Kier molecular flexibility index (Phi) is 4.42. The van der Waals surface area contributed by atoms with Gasteiger partial charge in [0.2, 0.25) is 0 Å². The summed E-state index contributed by atoms with van der Waals surface area (Å²) in [7, 11) is 0. The zero-order valence-electron chi connectivity index (χ0n) is 8.27. The Balaban J connectivity index is 0.00000128. The van der Waals surface area contributed by atoms with Gasteiger partial charge < -0.3 is 23.0 Å². The molecule has 1 aromatic carbocycles. The van der Waals surface area contributed by atoms with Crippen LogP contribution < -0.4 is 56.8 Å². The van der Waals surface area contributed by atoms with E-state index in [4.69, 9.17) is 16.7 Å². The molecule has 1 aromatic heterocycles. The van der Waals surface area contributed by atoms with Crippen LogP contribution in [0.1, 0.15) is 0 Å². The van der Waals surface area contributed by atoms with Crippen molar-refractivity contribution in [3.05, 3.63) is 23.2 Å². The average molecular weight is 273 g/mol. The van der Waals surface area contributed by atoms with E-state index in [-0.39, 0.29) is 67.7 Å². The predicted octanol–water partition coefficient (Wildman–Crippen LogP) is -0.415. The van der Waals surface area contributed by atoms with Gasteiger partial charge in [0.05, 0.1) is 0 Å². The summed E-state index contributed by atoms with van der Waals surface area (Å²) in [6.07, 6.45) is 0. The van der Waals surface area contributed by atoms with E-state index >= 15 is 0 Å². The smallest absolute Gasteiger partial charge is 0.495 e. The van der Waals surface area contributed by atoms with Crippen molar-refractivity contribution in [1.82, 2.24) is 4.98 Å². The third-order valence-electron chi connectivity index (χ3n) is 2.08. The number of benzene rings is 1. The van der Waals surface area contributed by atoms with Crippen molar-refractivity contribution in [3.8, 4) is 5.88 Å². The van der Waals surface area contributed by atoms with E-state index in [1.54, 1.807) is 0 Å². The van der Waals surface area contributed by atoms with Crippen molar-refractivity contribution in [2.24, 2.45) is 0 Å². The van der Waals surface area contributed by atoms with Crippen molar-refractivity contribution in [2.75, 3.05) is 0 Å². The zero-order valence-corrected chi connectivity index (χ0v) is 12.1. The molecule has 0 aliphatic rings. The van der Waals surface area contributed by atoms with Crippen LogP contribution in [0.3, 0.4) is 0 Å². The summed E-state index contributed by atoms with van der Waals surface area (Å²) >= 11 is 5.49. The molecule has 8 heteroatoms. The standard InChI is InChI=1S/C8H5BClF3NO.K/c10-6-3-7-4(2-8(15)14-7)1-5(6)9(11,12)13;/h1-3,14-15H;/q-1;+1. The number of hydrogen-bond acceptors (Lipinski definition) is 1. The van der Waals surface area contributed by atoms with E-state index in [2.05, 4.69) is 4.98 Å². The van der Waals surface area contributed by atoms with Gasteiger partial charge in [-0.15, -0.1) is 0 Å². The number of nitrogens with one attached hydrogen (secondary N) is 1. The van der Waals surface area contributed by atoms with Gasteiger partial charge in [0, 0.05) is 22.0 Å². The summed E-state index contributed by atoms with van der Waals surface area (Å²) in [4.78, 5) is 2.49. The molecule has 0 amide bonds. The number of aromatic hydroxyl groups is 1. The van der Waals surface area contributed by atoms with Crippen LogP contribution in [0.5, 0.6) is 5.88 Å². The molecule has 2 aromatic rings. The van der Waals surface area contributed by atoms with Crippen LogP contribution in [0.15, 0.2) is 18.2 Å². The van der Waals surface area contributed by atoms with Gasteiger partial charge >= 0.3 is 58.4 Å². The van der Waals surface area contributed by atoms with Gasteiger partial charge in [0.15, 0.2) is 5.88 Å². The molecule has 0 bridgehead atoms. The fourth-order valence-corrected chi connectivity index (χ4v) is 1.69. The molecule has 16 heavy (non-hydrogen) atoms. The molecule has 0 spiro atoms. The van der Waals surface area contributed by atoms with Crippen molar-refractivity contribution >= 4 is 34.9 Å². The molecule has 0 saturated carbocycles. The predicted molar refractivity (Wildman–Crippen MR) is 53.7 cm³/mol. The minimum Gasteiger partial charge on any atom is -0.495 e. The fraction of sp³-hybridized carbons (Fsp3) is 0. The van der Waals surface area contributed by atoms with E-state index in [1.807, 2.05) is 0 Å². The minimum atomic E-state index is -5.13. The van der Waals surface area contributed by atoms with E-state index < -0.39 is 12.4 Å². The van der Waals surface area contributed by atoms with Crippen molar-refractivity contribution < 1.29 is 69.4 Å². The Labute approximate surface area is 137 Å². The van der Waals surface area contributed by atoms with Crippen LogP contribution >= 0.6 is 11.6 Å². The minimum absolute atomic E-state index is 0. The van der Waals surface area contributed by atoms with Gasteiger partial charge in [-0.2, -0.15) is 0 Å². The maximum absolute atomic E-state index is 12.5. The number of hydrogen-bond donors (Lipinski definition) is 2. The molecule has 0 aliphatic heterocycles. The average Bonchev–Trinajstić information content (AvgIpc) is 2.40. The van der Waals surface area contributed by atoms with E-state index in [9.17, 15) is 12.9 Å². The Morgan fingerprint density at radius 2 is 1.81 bits per heavy atom. The number of halogens is 4. The number of fused-ring (bicyclic) bond motifs is 1. The molecule has 0 aliphatic carbocycles. The normalized spacial score (nSPS) is 11.5. The summed E-state index contributed by atoms with van der Waals surface area (Å²) in [6.45, 7) is -5.13. The zero-order chi connectivity index (χ0) is 11.2. The SMILES string of the molecule is Oc1cc2cc([B-](F)(F)F)c(Cl)cc2[nH]1.[K+]. The summed E-state index contributed by atoms with van der Waals surface area (Å²) in [6, 6.07) is 3.30. The van der Waals surface area contributed by atoms with Crippen LogP contribution in [0.2, 0.25) is 5.02 Å². The van der Waals surface area contributed by atoms with Crippen molar-refractivity contribution in [2.45, 2.75) is 0 Å². The second kappa shape index (κ2) is 4.91. The van der Waals surface area contributed by atoms with E-state index in [0.717, 1.165) is 12.1 Å². The van der Waals surface area contributed by atoms with Gasteiger partial charge in [-0.25, -0.2) is 0 Å². The number of H-pyrrole nitrogens is 1. The molecule has 0 saturated heterocycles. The van der Waals surface area contributed by atoms with Crippen molar-refractivity contribution in [3.63, 3.8) is 0 Å².